The van der Waals surface area contributed by atoms with Gasteiger partial charge in [0.25, 0.3) is 0 Å². The van der Waals surface area contributed by atoms with Gasteiger partial charge in [-0.05, 0) is 19.1 Å². The topological polar surface area (TPSA) is 44.8 Å². The molecule has 24 heavy (non-hydrogen) atoms. The van der Waals surface area contributed by atoms with Crippen molar-refractivity contribution in [1.82, 2.24) is 0 Å². The van der Waals surface area contributed by atoms with Crippen LogP contribution in [0.15, 0.2) is 48.5 Å². The lowest BCUT2D eigenvalue weighted by Crippen LogP contribution is -2.28. The monoisotopic (exact) mass is 366 g/mol. The Morgan fingerprint density at radius 1 is 1.04 bits per heavy atom. The van der Waals surface area contributed by atoms with E-state index >= 15 is 0 Å². The fourth-order valence-electron chi connectivity index (χ4n) is 2.61. The van der Waals surface area contributed by atoms with Gasteiger partial charge in [0.2, 0.25) is 0 Å². The van der Waals surface area contributed by atoms with Crippen molar-refractivity contribution < 1.29 is 19.0 Å². The van der Waals surface area contributed by atoms with Crippen LogP contribution in [0.5, 0.6) is 0 Å². The summed E-state index contributed by atoms with van der Waals surface area (Å²) in [6.07, 6.45) is -2.37. The number of hydrogen-bond acceptors (Lipinski definition) is 4. The first kappa shape index (κ1) is 17.2. The van der Waals surface area contributed by atoms with Crippen LogP contribution >= 0.6 is 23.2 Å². The first-order chi connectivity index (χ1) is 11.6. The molecule has 0 aromatic heterocycles. The molecule has 0 saturated carbocycles. The predicted molar refractivity (Wildman–Crippen MR) is 91.0 cm³/mol. The first-order valence-corrected chi connectivity index (χ1v) is 8.33. The Morgan fingerprint density at radius 3 is 2.33 bits per heavy atom. The molecule has 126 valence electrons. The second kappa shape index (κ2) is 7.53. The molecule has 1 saturated heterocycles. The fourth-order valence-corrected chi connectivity index (χ4v) is 3.23. The molecule has 4 nitrogen and oxygen atoms in total. The molecule has 0 spiro atoms. The molecule has 2 aromatic rings. The van der Waals surface area contributed by atoms with Crippen LogP contribution in [0, 0.1) is 0 Å². The molecule has 0 amide bonds. The second-order valence-electron chi connectivity index (χ2n) is 5.24. The Hall–Kier alpha value is -1.59. The van der Waals surface area contributed by atoms with Gasteiger partial charge in [-0.2, -0.15) is 0 Å². The summed E-state index contributed by atoms with van der Waals surface area (Å²) in [5, 5.41) is 0.832. The van der Waals surface area contributed by atoms with Gasteiger partial charge in [-0.1, -0.05) is 59.6 Å². The zero-order valence-corrected chi connectivity index (χ0v) is 14.5. The Kier molecular flexibility index (Phi) is 5.41. The van der Waals surface area contributed by atoms with Crippen LogP contribution in [-0.4, -0.2) is 18.7 Å². The highest BCUT2D eigenvalue weighted by atomic mass is 35.5. The lowest BCUT2D eigenvalue weighted by Gasteiger charge is -2.18. The molecule has 1 aliphatic heterocycles. The van der Waals surface area contributed by atoms with E-state index in [9.17, 15) is 4.79 Å². The van der Waals surface area contributed by atoms with E-state index in [1.165, 1.54) is 0 Å². The summed E-state index contributed by atoms with van der Waals surface area (Å²) in [6.45, 7) is 1.98. The van der Waals surface area contributed by atoms with Crippen molar-refractivity contribution >= 4 is 29.2 Å². The molecule has 0 aliphatic carbocycles. The lowest BCUT2D eigenvalue weighted by molar-refractivity contribution is -0.157. The van der Waals surface area contributed by atoms with Crippen LogP contribution < -0.4 is 0 Å². The van der Waals surface area contributed by atoms with Crippen molar-refractivity contribution in [2.24, 2.45) is 0 Å². The van der Waals surface area contributed by atoms with Gasteiger partial charge in [-0.3, -0.25) is 0 Å². The van der Waals surface area contributed by atoms with Crippen molar-refractivity contribution in [3.63, 3.8) is 0 Å². The van der Waals surface area contributed by atoms with Gasteiger partial charge in [-0.25, -0.2) is 4.79 Å². The van der Waals surface area contributed by atoms with Gasteiger partial charge < -0.3 is 14.2 Å². The van der Waals surface area contributed by atoms with Crippen LogP contribution in [0.4, 0.5) is 0 Å². The molecule has 0 radical (unpaired) electrons. The number of esters is 1. The first-order valence-electron chi connectivity index (χ1n) is 7.58. The molecular weight excluding hydrogens is 351 g/mol. The minimum Gasteiger partial charge on any atom is -0.464 e. The minimum atomic E-state index is -0.937. The number of benzene rings is 2. The average molecular weight is 367 g/mol. The third-order valence-electron chi connectivity index (χ3n) is 3.69. The second-order valence-corrected chi connectivity index (χ2v) is 6.06. The molecule has 0 bridgehead atoms. The zero-order chi connectivity index (χ0) is 17.1. The van der Waals surface area contributed by atoms with Gasteiger partial charge >= 0.3 is 5.97 Å². The van der Waals surface area contributed by atoms with E-state index in [1.54, 1.807) is 25.1 Å². The third-order valence-corrected chi connectivity index (χ3v) is 4.35. The fraction of sp³-hybridized carbons (Fsp3) is 0.278. The largest absolute Gasteiger partial charge is 0.464 e. The van der Waals surface area contributed by atoms with Crippen molar-refractivity contribution in [1.29, 1.82) is 0 Å². The van der Waals surface area contributed by atoms with Gasteiger partial charge in [0.05, 0.1) is 6.61 Å². The SMILES string of the molecule is CCOC(=O)[C@@H]1OC(c2ccccc2)O[C@H]1c1c(Cl)cccc1Cl. The molecule has 3 rings (SSSR count). The van der Waals surface area contributed by atoms with Crippen LogP contribution in [-0.2, 0) is 19.0 Å². The van der Waals surface area contributed by atoms with E-state index in [0.717, 1.165) is 5.56 Å². The number of carbonyl (C=O) groups is 1. The van der Waals surface area contributed by atoms with Crippen LogP contribution in [0.3, 0.4) is 0 Å². The van der Waals surface area contributed by atoms with Crippen LogP contribution in [0.25, 0.3) is 0 Å². The summed E-state index contributed by atoms with van der Waals surface area (Å²) >= 11 is 12.6. The molecule has 2 aromatic carbocycles. The molecule has 3 atom stereocenters. The molecule has 1 aliphatic rings. The number of ether oxygens (including phenoxy) is 3. The summed E-state index contributed by atoms with van der Waals surface area (Å²) in [5.41, 5.74) is 1.33. The van der Waals surface area contributed by atoms with E-state index in [-0.39, 0.29) is 6.61 Å². The summed E-state index contributed by atoms with van der Waals surface area (Å²) in [5.74, 6) is -0.503. The maximum absolute atomic E-state index is 12.3. The van der Waals surface area contributed by atoms with E-state index in [0.29, 0.717) is 15.6 Å². The quantitative estimate of drug-likeness (QED) is 0.734. The van der Waals surface area contributed by atoms with E-state index in [1.807, 2.05) is 30.3 Å². The summed E-state index contributed by atoms with van der Waals surface area (Å²) < 4.78 is 16.9. The summed E-state index contributed by atoms with van der Waals surface area (Å²) in [7, 11) is 0. The molecule has 1 unspecified atom stereocenters. The van der Waals surface area contributed by atoms with Gasteiger partial charge in [0.15, 0.2) is 12.4 Å². The normalized spacial score (nSPS) is 23.2. The minimum absolute atomic E-state index is 0.248. The van der Waals surface area contributed by atoms with Crippen molar-refractivity contribution in [2.75, 3.05) is 6.61 Å². The van der Waals surface area contributed by atoms with Crippen molar-refractivity contribution in [2.45, 2.75) is 25.4 Å². The molecular formula is C18H16Cl2O4. The maximum Gasteiger partial charge on any atom is 0.338 e. The summed E-state index contributed by atoms with van der Waals surface area (Å²) in [6, 6.07) is 14.5. The highest BCUT2D eigenvalue weighted by Crippen LogP contribution is 2.44. The molecule has 6 heteroatoms. The van der Waals surface area contributed by atoms with Crippen LogP contribution in [0.2, 0.25) is 10.0 Å². The smallest absolute Gasteiger partial charge is 0.338 e. The third kappa shape index (κ3) is 3.42. The van der Waals surface area contributed by atoms with E-state index in [2.05, 4.69) is 0 Å². The Balaban J connectivity index is 1.96. The Bertz CT molecular complexity index is 700. The van der Waals surface area contributed by atoms with Gasteiger partial charge in [0, 0.05) is 21.2 Å². The molecule has 1 heterocycles. The number of halogens is 2. The zero-order valence-electron chi connectivity index (χ0n) is 12.9. The highest BCUT2D eigenvalue weighted by molar-refractivity contribution is 6.36. The van der Waals surface area contributed by atoms with Gasteiger partial charge in [-0.15, -0.1) is 0 Å². The number of hydrogen-bond donors (Lipinski definition) is 0. The van der Waals surface area contributed by atoms with Crippen molar-refractivity contribution in [3.05, 3.63) is 69.7 Å². The molecule has 0 N–H and O–H groups in total. The Morgan fingerprint density at radius 2 is 1.71 bits per heavy atom. The number of rotatable bonds is 4. The number of carbonyl (C=O) groups excluding carboxylic acids is 1. The van der Waals surface area contributed by atoms with Crippen LogP contribution in [0.1, 0.15) is 30.4 Å². The maximum atomic E-state index is 12.3. The van der Waals surface area contributed by atoms with Crippen molar-refractivity contribution in [3.8, 4) is 0 Å². The predicted octanol–water partition coefficient (Wildman–Crippen LogP) is 4.71. The lowest BCUT2D eigenvalue weighted by atomic mass is 10.0. The average Bonchev–Trinajstić information content (AvgIpc) is 3.01. The molecule has 1 fully saturated rings. The van der Waals surface area contributed by atoms with E-state index in [4.69, 9.17) is 37.4 Å². The Labute approximate surface area is 150 Å². The summed E-state index contributed by atoms with van der Waals surface area (Å²) in [4.78, 5) is 12.3. The van der Waals surface area contributed by atoms with E-state index < -0.39 is 24.5 Å². The highest BCUT2D eigenvalue weighted by Gasteiger charge is 2.45. The standard InChI is InChI=1S/C18H16Cl2O4/c1-2-22-17(21)16-15(14-12(19)9-6-10-13(14)20)23-18(24-16)11-7-4-3-5-8-11/h3-10,15-16,18H,2H2,1H3/t15-,16+,18?/m0/s1. The van der Waals surface area contributed by atoms with Gasteiger partial charge in [0.1, 0.15) is 6.10 Å².